The number of nitro groups is 1. The van der Waals surface area contributed by atoms with Crippen LogP contribution in [0.4, 0.5) is 5.69 Å². The largest absolute Gasteiger partial charge is 0.449 e. The van der Waals surface area contributed by atoms with Gasteiger partial charge in [0.1, 0.15) is 11.1 Å². The molecule has 2 aliphatic rings. The summed E-state index contributed by atoms with van der Waals surface area (Å²) in [5.41, 5.74) is -1.71. The lowest BCUT2D eigenvalue weighted by molar-refractivity contribution is -0.385. The number of carbonyl (C=O) groups excluding carboxylic acids is 4. The van der Waals surface area contributed by atoms with E-state index in [4.69, 9.17) is 4.74 Å². The Bertz CT molecular complexity index is 1160. The molecule has 1 amide bonds. The minimum Gasteiger partial charge on any atom is -0.449 e. The quantitative estimate of drug-likeness (QED) is 0.369. The summed E-state index contributed by atoms with van der Waals surface area (Å²) >= 11 is 0. The van der Waals surface area contributed by atoms with Gasteiger partial charge in [-0.2, -0.15) is 0 Å². The van der Waals surface area contributed by atoms with Crippen LogP contribution in [-0.4, -0.2) is 40.5 Å². The van der Waals surface area contributed by atoms with Crippen molar-refractivity contribution >= 4 is 29.1 Å². The van der Waals surface area contributed by atoms with Crippen LogP contribution in [0.3, 0.4) is 0 Å². The van der Waals surface area contributed by atoms with Gasteiger partial charge in [-0.15, -0.1) is 0 Å². The van der Waals surface area contributed by atoms with E-state index in [1.807, 2.05) is 0 Å². The van der Waals surface area contributed by atoms with Gasteiger partial charge in [0.15, 0.2) is 11.9 Å². The minimum atomic E-state index is -1.18. The highest BCUT2D eigenvalue weighted by atomic mass is 16.6. The molecule has 9 heteroatoms. The van der Waals surface area contributed by atoms with E-state index in [2.05, 4.69) is 5.32 Å². The van der Waals surface area contributed by atoms with Crippen molar-refractivity contribution in [2.24, 2.45) is 0 Å². The lowest BCUT2D eigenvalue weighted by atomic mass is 9.82. The molecule has 4 rings (SSSR count). The fourth-order valence-electron chi connectivity index (χ4n) is 4.19. The Morgan fingerprint density at radius 2 is 1.66 bits per heavy atom. The van der Waals surface area contributed by atoms with Gasteiger partial charge in [-0.3, -0.25) is 24.5 Å². The molecule has 0 aliphatic heterocycles. The van der Waals surface area contributed by atoms with Gasteiger partial charge in [0.2, 0.25) is 5.78 Å². The van der Waals surface area contributed by atoms with Crippen molar-refractivity contribution < 1.29 is 28.8 Å². The van der Waals surface area contributed by atoms with Crippen LogP contribution in [0.25, 0.3) is 0 Å². The molecule has 1 saturated carbocycles. The van der Waals surface area contributed by atoms with Crippen molar-refractivity contribution in [2.45, 2.75) is 44.8 Å². The van der Waals surface area contributed by atoms with Gasteiger partial charge >= 0.3 is 5.97 Å². The molecule has 0 radical (unpaired) electrons. The van der Waals surface area contributed by atoms with Gasteiger partial charge in [0.05, 0.1) is 4.92 Å². The predicted octanol–water partition coefficient (Wildman–Crippen LogP) is 2.97. The van der Waals surface area contributed by atoms with Crippen molar-refractivity contribution in [3.05, 3.63) is 74.3 Å². The van der Waals surface area contributed by atoms with Crippen molar-refractivity contribution in [2.75, 3.05) is 0 Å². The van der Waals surface area contributed by atoms with Crippen LogP contribution in [0.15, 0.2) is 36.4 Å². The van der Waals surface area contributed by atoms with Gasteiger partial charge in [-0.25, -0.2) is 4.79 Å². The second-order valence-electron chi connectivity index (χ2n) is 7.88. The van der Waals surface area contributed by atoms with Gasteiger partial charge in [-0.1, -0.05) is 37.1 Å². The Hall–Kier alpha value is -3.88. The molecule has 0 spiro atoms. The number of nitrogens with zero attached hydrogens (tertiary/aromatic N) is 1. The van der Waals surface area contributed by atoms with Crippen LogP contribution in [0.2, 0.25) is 0 Å². The number of rotatable bonds is 5. The summed E-state index contributed by atoms with van der Waals surface area (Å²) in [6.07, 6.45) is 2.53. The van der Waals surface area contributed by atoms with E-state index in [0.29, 0.717) is 0 Å². The third kappa shape index (κ3) is 3.66. The lowest BCUT2D eigenvalue weighted by Gasteiger charge is -2.19. The van der Waals surface area contributed by atoms with Gasteiger partial charge < -0.3 is 10.1 Å². The van der Waals surface area contributed by atoms with Gasteiger partial charge in [-0.05, 0) is 31.9 Å². The number of hydrogen-bond donors (Lipinski definition) is 1. The van der Waals surface area contributed by atoms with E-state index in [1.54, 1.807) is 12.1 Å². The molecule has 1 atom stereocenters. The van der Waals surface area contributed by atoms with Crippen LogP contribution in [-0.2, 0) is 9.53 Å². The summed E-state index contributed by atoms with van der Waals surface area (Å²) in [6.45, 7) is 1.37. The zero-order valence-electron chi connectivity index (χ0n) is 17.3. The van der Waals surface area contributed by atoms with Gasteiger partial charge in [0.25, 0.3) is 11.6 Å². The Labute approximate surface area is 182 Å². The van der Waals surface area contributed by atoms with Crippen molar-refractivity contribution in [1.29, 1.82) is 0 Å². The first-order valence-electron chi connectivity index (χ1n) is 10.3. The molecular weight excluding hydrogens is 416 g/mol. The zero-order valence-corrected chi connectivity index (χ0v) is 17.3. The van der Waals surface area contributed by atoms with Crippen molar-refractivity contribution in [3.8, 4) is 0 Å². The number of nitrogens with one attached hydrogen (secondary N) is 1. The number of ether oxygens (including phenoxy) is 1. The van der Waals surface area contributed by atoms with Gasteiger partial charge in [0, 0.05) is 22.7 Å². The van der Waals surface area contributed by atoms with Crippen LogP contribution in [0.5, 0.6) is 0 Å². The minimum absolute atomic E-state index is 0.0189. The maximum absolute atomic E-state index is 13.0. The Morgan fingerprint density at radius 1 is 1.03 bits per heavy atom. The number of benzene rings is 2. The number of ketones is 2. The van der Waals surface area contributed by atoms with Crippen molar-refractivity contribution in [3.63, 3.8) is 0 Å². The second kappa shape index (κ2) is 8.33. The van der Waals surface area contributed by atoms with Crippen LogP contribution in [0.1, 0.15) is 74.8 Å². The Balaban J connectivity index is 1.66. The molecule has 164 valence electrons. The molecule has 2 aliphatic carbocycles. The first-order valence-corrected chi connectivity index (χ1v) is 10.3. The van der Waals surface area contributed by atoms with Crippen molar-refractivity contribution in [1.82, 2.24) is 5.32 Å². The zero-order chi connectivity index (χ0) is 23.0. The van der Waals surface area contributed by atoms with Crippen LogP contribution >= 0.6 is 0 Å². The average molecular weight is 436 g/mol. The molecule has 2 aromatic carbocycles. The summed E-state index contributed by atoms with van der Waals surface area (Å²) in [4.78, 5) is 61.9. The number of amides is 1. The van der Waals surface area contributed by atoms with Crippen LogP contribution < -0.4 is 5.32 Å². The third-order valence-electron chi connectivity index (χ3n) is 5.82. The standard InChI is InChI=1S/C23H20N2O7/c1-12(22(28)24-13-6-2-3-7-13)32-23(29)17-11-10-16-18(19(17)25(30)31)21(27)15-9-5-4-8-14(15)20(16)26/h4-5,8-13H,2-3,6-7H2,1H3,(H,24,28). The molecule has 1 N–H and O–H groups in total. The SMILES string of the molecule is CC(OC(=O)c1ccc2c(c1[N+](=O)[O-])C(=O)c1ccccc1C2=O)C(=O)NC1CCCC1. The maximum Gasteiger partial charge on any atom is 0.345 e. The fraction of sp³-hybridized carbons (Fsp3) is 0.304. The highest BCUT2D eigenvalue weighted by molar-refractivity contribution is 6.30. The number of carbonyl (C=O) groups is 4. The molecule has 1 fully saturated rings. The molecule has 0 heterocycles. The summed E-state index contributed by atoms with van der Waals surface area (Å²) in [7, 11) is 0. The molecule has 9 nitrogen and oxygen atoms in total. The predicted molar refractivity (Wildman–Crippen MR) is 112 cm³/mol. The smallest absolute Gasteiger partial charge is 0.345 e. The Morgan fingerprint density at radius 3 is 2.28 bits per heavy atom. The first kappa shape index (κ1) is 21.4. The summed E-state index contributed by atoms with van der Waals surface area (Å²) < 4.78 is 5.17. The Kier molecular flexibility index (Phi) is 5.56. The van der Waals surface area contributed by atoms with E-state index < -0.39 is 51.3 Å². The topological polar surface area (TPSA) is 133 Å². The number of hydrogen-bond acceptors (Lipinski definition) is 7. The van der Waals surface area contributed by atoms with E-state index in [0.717, 1.165) is 31.7 Å². The molecule has 32 heavy (non-hydrogen) atoms. The fourth-order valence-corrected chi connectivity index (χ4v) is 4.19. The molecule has 0 bridgehead atoms. The van der Waals surface area contributed by atoms with E-state index in [-0.39, 0.29) is 22.7 Å². The molecule has 0 saturated heterocycles. The van der Waals surface area contributed by atoms with Crippen LogP contribution in [0, 0.1) is 10.1 Å². The second-order valence-corrected chi connectivity index (χ2v) is 7.88. The number of nitro benzene ring substituents is 1. The normalized spacial score (nSPS) is 16.2. The molecule has 2 aromatic rings. The molecular formula is C23H20N2O7. The molecule has 1 unspecified atom stereocenters. The van der Waals surface area contributed by atoms with E-state index >= 15 is 0 Å². The number of esters is 1. The third-order valence-corrected chi connectivity index (χ3v) is 5.82. The maximum atomic E-state index is 13.0. The van der Waals surface area contributed by atoms with E-state index in [1.165, 1.54) is 25.1 Å². The highest BCUT2D eigenvalue weighted by Crippen LogP contribution is 2.35. The summed E-state index contributed by atoms with van der Waals surface area (Å²) in [5, 5.41) is 14.7. The summed E-state index contributed by atoms with van der Waals surface area (Å²) in [6, 6.07) is 8.32. The summed E-state index contributed by atoms with van der Waals surface area (Å²) in [5.74, 6) is -2.87. The highest BCUT2D eigenvalue weighted by Gasteiger charge is 2.39. The first-order chi connectivity index (χ1) is 15.3. The molecule has 0 aromatic heterocycles. The lowest BCUT2D eigenvalue weighted by Crippen LogP contribution is -2.41. The number of fused-ring (bicyclic) bond motifs is 2. The average Bonchev–Trinajstić information content (AvgIpc) is 3.29. The monoisotopic (exact) mass is 436 g/mol. The van der Waals surface area contributed by atoms with E-state index in [9.17, 15) is 29.3 Å².